The molecule has 0 aliphatic heterocycles. The Morgan fingerprint density at radius 1 is 1.72 bits per heavy atom. The van der Waals surface area contributed by atoms with Gasteiger partial charge in [0.05, 0.1) is 6.04 Å². The zero-order chi connectivity index (χ0) is 13.0. The summed E-state index contributed by atoms with van der Waals surface area (Å²) in [5, 5.41) is 2.92. The second kappa shape index (κ2) is 6.24. The van der Waals surface area contributed by atoms with Gasteiger partial charge >= 0.3 is 0 Å². The van der Waals surface area contributed by atoms with E-state index in [9.17, 15) is 4.79 Å². The summed E-state index contributed by atoms with van der Waals surface area (Å²) >= 11 is 1.73. The van der Waals surface area contributed by atoms with Gasteiger partial charge in [-0.2, -0.15) is 11.8 Å². The molecule has 1 unspecified atom stereocenters. The van der Waals surface area contributed by atoms with Gasteiger partial charge in [-0.05, 0) is 37.7 Å². The summed E-state index contributed by atoms with van der Waals surface area (Å²) < 4.78 is 5.27. The second-order valence-corrected chi connectivity index (χ2v) is 5.55. The molecule has 1 aromatic rings. The topological polar surface area (TPSA) is 81.1 Å². The maximum atomic E-state index is 11.8. The van der Waals surface area contributed by atoms with Crippen molar-refractivity contribution in [2.75, 3.05) is 12.0 Å². The zero-order valence-corrected chi connectivity index (χ0v) is 11.3. The molecule has 6 heteroatoms. The minimum Gasteiger partial charge on any atom is -0.446 e. The molecule has 1 fully saturated rings. The van der Waals surface area contributed by atoms with Gasteiger partial charge in [-0.25, -0.2) is 4.98 Å². The van der Waals surface area contributed by atoms with Gasteiger partial charge in [-0.15, -0.1) is 0 Å². The van der Waals surface area contributed by atoms with Crippen LogP contribution in [0.3, 0.4) is 0 Å². The van der Waals surface area contributed by atoms with Crippen molar-refractivity contribution in [3.8, 4) is 0 Å². The standard InChI is InChI=1S/C12H19N3O2S/c1-18-6-5-9(13)12-15-10(7-17-12)11(16)14-8-3-2-4-8/h7-9H,2-6,13H2,1H3,(H,14,16). The van der Waals surface area contributed by atoms with E-state index in [-0.39, 0.29) is 11.9 Å². The first-order valence-electron chi connectivity index (χ1n) is 6.21. The van der Waals surface area contributed by atoms with Crippen LogP contribution in [0.1, 0.15) is 48.1 Å². The largest absolute Gasteiger partial charge is 0.446 e. The van der Waals surface area contributed by atoms with Crippen LogP contribution < -0.4 is 11.1 Å². The summed E-state index contributed by atoms with van der Waals surface area (Å²) in [7, 11) is 0. The molecule has 0 bridgehead atoms. The third-order valence-corrected chi connectivity index (χ3v) is 3.79. The molecule has 1 saturated carbocycles. The van der Waals surface area contributed by atoms with Crippen molar-refractivity contribution in [2.45, 2.75) is 37.8 Å². The average Bonchev–Trinajstić information content (AvgIpc) is 2.80. The summed E-state index contributed by atoms with van der Waals surface area (Å²) in [5.41, 5.74) is 6.26. The number of amides is 1. The fourth-order valence-corrected chi connectivity index (χ4v) is 2.23. The fraction of sp³-hybridized carbons (Fsp3) is 0.667. The number of carbonyl (C=O) groups is 1. The fourth-order valence-electron chi connectivity index (χ4n) is 1.74. The third kappa shape index (κ3) is 3.26. The van der Waals surface area contributed by atoms with Crippen LogP contribution in [-0.4, -0.2) is 28.9 Å². The van der Waals surface area contributed by atoms with Gasteiger partial charge in [0.2, 0.25) is 5.89 Å². The molecule has 5 nitrogen and oxygen atoms in total. The van der Waals surface area contributed by atoms with Gasteiger partial charge < -0.3 is 15.5 Å². The maximum absolute atomic E-state index is 11.8. The SMILES string of the molecule is CSCCC(N)c1nc(C(=O)NC2CCC2)co1. The van der Waals surface area contributed by atoms with E-state index in [1.165, 1.54) is 12.7 Å². The smallest absolute Gasteiger partial charge is 0.273 e. The number of aromatic nitrogens is 1. The van der Waals surface area contributed by atoms with Crippen molar-refractivity contribution in [1.82, 2.24) is 10.3 Å². The van der Waals surface area contributed by atoms with E-state index in [0.717, 1.165) is 25.0 Å². The summed E-state index contributed by atoms with van der Waals surface area (Å²) in [6.07, 6.45) is 7.52. The van der Waals surface area contributed by atoms with E-state index in [2.05, 4.69) is 10.3 Å². The van der Waals surface area contributed by atoms with Crippen LogP contribution in [0.2, 0.25) is 0 Å². The number of nitrogens with zero attached hydrogens (tertiary/aromatic N) is 1. The molecule has 1 amide bonds. The highest BCUT2D eigenvalue weighted by Gasteiger charge is 2.22. The Morgan fingerprint density at radius 2 is 2.50 bits per heavy atom. The highest BCUT2D eigenvalue weighted by atomic mass is 32.2. The Hall–Kier alpha value is -1.01. The van der Waals surface area contributed by atoms with E-state index in [4.69, 9.17) is 10.2 Å². The number of nitrogens with one attached hydrogen (secondary N) is 1. The molecule has 1 aliphatic rings. The maximum Gasteiger partial charge on any atom is 0.273 e. The van der Waals surface area contributed by atoms with Gasteiger partial charge in [-0.3, -0.25) is 4.79 Å². The second-order valence-electron chi connectivity index (χ2n) is 4.56. The average molecular weight is 269 g/mol. The number of nitrogens with two attached hydrogens (primary N) is 1. The lowest BCUT2D eigenvalue weighted by molar-refractivity contribution is 0.0912. The Bertz CT molecular complexity index is 404. The molecule has 0 aromatic carbocycles. The van der Waals surface area contributed by atoms with Crippen LogP contribution >= 0.6 is 11.8 Å². The molecule has 1 aromatic heterocycles. The van der Waals surface area contributed by atoms with Crippen LogP contribution in [-0.2, 0) is 0 Å². The van der Waals surface area contributed by atoms with Crippen LogP contribution in [0.15, 0.2) is 10.7 Å². The van der Waals surface area contributed by atoms with Crippen molar-refractivity contribution < 1.29 is 9.21 Å². The molecule has 0 spiro atoms. The molecule has 1 atom stereocenters. The van der Waals surface area contributed by atoms with Crippen molar-refractivity contribution in [3.63, 3.8) is 0 Å². The zero-order valence-electron chi connectivity index (χ0n) is 10.5. The number of hydrogen-bond donors (Lipinski definition) is 2. The van der Waals surface area contributed by atoms with Crippen LogP contribution in [0, 0.1) is 0 Å². The van der Waals surface area contributed by atoms with E-state index in [1.807, 2.05) is 6.26 Å². The molecule has 2 rings (SSSR count). The van der Waals surface area contributed by atoms with E-state index in [0.29, 0.717) is 17.6 Å². The van der Waals surface area contributed by atoms with Crippen LogP contribution in [0.4, 0.5) is 0 Å². The molecule has 1 aliphatic carbocycles. The highest BCUT2D eigenvalue weighted by Crippen LogP contribution is 2.19. The molecule has 1 heterocycles. The quantitative estimate of drug-likeness (QED) is 0.821. The van der Waals surface area contributed by atoms with Gasteiger partial charge in [-0.1, -0.05) is 0 Å². The van der Waals surface area contributed by atoms with Gasteiger partial charge in [0.15, 0.2) is 5.69 Å². The first-order chi connectivity index (χ1) is 8.70. The summed E-state index contributed by atoms with van der Waals surface area (Å²) in [5.74, 6) is 1.24. The first kappa shape index (κ1) is 13.4. The Morgan fingerprint density at radius 3 is 3.11 bits per heavy atom. The number of oxazole rings is 1. The molecule has 18 heavy (non-hydrogen) atoms. The minimum atomic E-state index is -0.234. The van der Waals surface area contributed by atoms with Crippen molar-refractivity contribution in [3.05, 3.63) is 17.8 Å². The lowest BCUT2D eigenvalue weighted by Crippen LogP contribution is -2.39. The molecular weight excluding hydrogens is 250 g/mol. The number of carbonyl (C=O) groups excluding carboxylic acids is 1. The third-order valence-electron chi connectivity index (χ3n) is 3.15. The molecular formula is C12H19N3O2S. The lowest BCUT2D eigenvalue weighted by atomic mass is 9.93. The normalized spacial score (nSPS) is 17.2. The summed E-state index contributed by atoms with van der Waals surface area (Å²) in [6, 6.07) is 0.0746. The number of hydrogen-bond acceptors (Lipinski definition) is 5. The van der Waals surface area contributed by atoms with Gasteiger partial charge in [0.1, 0.15) is 6.26 Å². The summed E-state index contributed by atoms with van der Waals surface area (Å²) in [6.45, 7) is 0. The van der Waals surface area contributed by atoms with Crippen molar-refractivity contribution >= 4 is 17.7 Å². The summed E-state index contributed by atoms with van der Waals surface area (Å²) in [4.78, 5) is 16.0. The van der Waals surface area contributed by atoms with Crippen LogP contribution in [0.25, 0.3) is 0 Å². The van der Waals surface area contributed by atoms with Gasteiger partial charge in [0.25, 0.3) is 5.91 Å². The minimum absolute atomic E-state index is 0.160. The van der Waals surface area contributed by atoms with Crippen molar-refractivity contribution in [1.29, 1.82) is 0 Å². The lowest BCUT2D eigenvalue weighted by Gasteiger charge is -2.25. The Balaban J connectivity index is 1.89. The van der Waals surface area contributed by atoms with E-state index in [1.54, 1.807) is 11.8 Å². The molecule has 0 saturated heterocycles. The number of rotatable bonds is 6. The van der Waals surface area contributed by atoms with E-state index >= 15 is 0 Å². The molecule has 0 radical (unpaired) electrons. The van der Waals surface area contributed by atoms with Crippen molar-refractivity contribution in [2.24, 2.45) is 5.73 Å². The van der Waals surface area contributed by atoms with Gasteiger partial charge in [0, 0.05) is 6.04 Å². The van der Waals surface area contributed by atoms with Crippen LogP contribution in [0.5, 0.6) is 0 Å². The predicted octanol–water partition coefficient (Wildman–Crippen LogP) is 1.71. The van der Waals surface area contributed by atoms with E-state index < -0.39 is 0 Å². The molecule has 3 N–H and O–H groups in total. The Labute approximate surface area is 111 Å². The first-order valence-corrected chi connectivity index (χ1v) is 7.61. The highest BCUT2D eigenvalue weighted by molar-refractivity contribution is 7.98. The monoisotopic (exact) mass is 269 g/mol. The number of thioether (sulfide) groups is 1. The molecule has 100 valence electrons. The predicted molar refractivity (Wildman–Crippen MR) is 71.5 cm³/mol. The Kier molecular flexibility index (Phi) is 4.66.